The fraction of sp³-hybridized carbons (Fsp3) is 0.500. The van der Waals surface area contributed by atoms with Crippen LogP contribution in [-0.4, -0.2) is 71.7 Å². The van der Waals surface area contributed by atoms with E-state index < -0.39 is 11.7 Å². The smallest absolute Gasteiger partial charge is 0.389 e. The Bertz CT molecular complexity index is 1230. The highest BCUT2D eigenvalue weighted by Gasteiger charge is 2.34. The number of aromatic nitrogens is 2. The molecule has 2 aliphatic rings. The van der Waals surface area contributed by atoms with Gasteiger partial charge in [0.1, 0.15) is 15.8 Å². The molecule has 1 aromatic carbocycles. The molecule has 2 saturated heterocycles. The van der Waals surface area contributed by atoms with Crippen LogP contribution in [-0.2, 0) is 35.2 Å². The molecule has 12 heteroatoms. The van der Waals surface area contributed by atoms with Gasteiger partial charge < -0.3 is 14.7 Å². The van der Waals surface area contributed by atoms with Crippen molar-refractivity contribution in [1.82, 2.24) is 14.9 Å². The number of aliphatic hydroxyl groups excluding tert-OH is 1. The Balaban J connectivity index is 1.15. The summed E-state index contributed by atoms with van der Waals surface area (Å²) in [5, 5.41) is 13.0. The molecule has 0 unspecified atom stereocenters. The van der Waals surface area contributed by atoms with Crippen molar-refractivity contribution in [2.45, 2.75) is 32.0 Å². The number of aryl methyl sites for hydroxylation is 1. The zero-order chi connectivity index (χ0) is 26.7. The van der Waals surface area contributed by atoms with E-state index in [9.17, 15) is 23.1 Å². The second-order valence-electron chi connectivity index (χ2n) is 9.52. The van der Waals surface area contributed by atoms with Gasteiger partial charge in [-0.2, -0.15) is 13.2 Å². The lowest BCUT2D eigenvalue weighted by Crippen LogP contribution is -2.50. The predicted molar refractivity (Wildman–Crippen MR) is 141 cm³/mol. The molecular weight excluding hydrogens is 537 g/mol. The van der Waals surface area contributed by atoms with E-state index in [0.29, 0.717) is 23.8 Å². The van der Waals surface area contributed by atoms with E-state index in [0.717, 1.165) is 79.1 Å². The Hall–Kier alpha value is -2.38. The third kappa shape index (κ3) is 6.42. The summed E-state index contributed by atoms with van der Waals surface area (Å²) in [6.07, 6.45) is -2.39. The Kier molecular flexibility index (Phi) is 8.44. The Morgan fingerprint density at radius 1 is 1.11 bits per heavy atom. The first-order chi connectivity index (χ1) is 18.3. The summed E-state index contributed by atoms with van der Waals surface area (Å²) in [5.74, 6) is -0.0788. The number of hydrogen-bond donors (Lipinski definition) is 1. The van der Waals surface area contributed by atoms with Crippen molar-refractivity contribution in [3.05, 3.63) is 50.9 Å². The minimum atomic E-state index is -4.36. The van der Waals surface area contributed by atoms with Crippen LogP contribution in [0, 0.1) is 5.92 Å². The zero-order valence-corrected chi connectivity index (χ0v) is 22.4. The van der Waals surface area contributed by atoms with Crippen LogP contribution in [0.2, 0.25) is 0 Å². The summed E-state index contributed by atoms with van der Waals surface area (Å²) < 4.78 is 43.8. The maximum Gasteiger partial charge on any atom is 0.416 e. The van der Waals surface area contributed by atoms with Crippen molar-refractivity contribution in [2.75, 3.05) is 50.8 Å². The Morgan fingerprint density at radius 3 is 2.53 bits per heavy atom. The normalized spacial score (nSPS) is 17.1. The number of Topliss-reactive ketones (excluding diaryl/α,β-unsaturated/α-hetero) is 1. The summed E-state index contributed by atoms with van der Waals surface area (Å²) in [5.41, 5.74) is 1.73. The minimum absolute atomic E-state index is 0.0835. The average Bonchev–Trinajstić information content (AvgIpc) is 3.50. The fourth-order valence-corrected chi connectivity index (χ4v) is 6.48. The lowest BCUT2D eigenvalue weighted by molar-refractivity contribution is -0.137. The molecule has 204 valence electrons. The highest BCUT2D eigenvalue weighted by Crippen LogP contribution is 2.34. The third-order valence-electron chi connectivity index (χ3n) is 6.88. The van der Waals surface area contributed by atoms with E-state index in [1.165, 1.54) is 34.8 Å². The highest BCUT2D eigenvalue weighted by molar-refractivity contribution is 7.16. The van der Waals surface area contributed by atoms with Crippen molar-refractivity contribution in [1.29, 1.82) is 0 Å². The fourth-order valence-electron chi connectivity index (χ4n) is 4.68. The van der Waals surface area contributed by atoms with Gasteiger partial charge in [0, 0.05) is 37.2 Å². The molecule has 3 aromatic rings. The number of ketones is 1. The number of morpholine rings is 1. The van der Waals surface area contributed by atoms with Crippen molar-refractivity contribution < 1.29 is 27.8 Å². The Labute approximate surface area is 226 Å². The molecule has 2 fully saturated rings. The van der Waals surface area contributed by atoms with Gasteiger partial charge in [-0.25, -0.2) is 9.97 Å². The lowest BCUT2D eigenvalue weighted by Gasteiger charge is -2.40. The molecule has 38 heavy (non-hydrogen) atoms. The molecule has 1 N–H and O–H groups in total. The number of carbonyl (C=O) groups is 1. The number of nitrogens with zero attached hydrogens (tertiary/aromatic N) is 4. The lowest BCUT2D eigenvalue weighted by atomic mass is 9.92. The first-order valence-electron chi connectivity index (χ1n) is 12.6. The molecule has 0 atom stereocenters. The molecular formula is C26H29F3N4O3S2. The molecule has 0 saturated carbocycles. The first-order valence-corrected chi connectivity index (χ1v) is 14.3. The molecule has 0 amide bonds. The first kappa shape index (κ1) is 27.2. The second kappa shape index (κ2) is 11.8. The van der Waals surface area contributed by atoms with Crippen LogP contribution in [0.5, 0.6) is 0 Å². The molecule has 0 bridgehead atoms. The van der Waals surface area contributed by atoms with Crippen molar-refractivity contribution in [2.24, 2.45) is 5.92 Å². The van der Waals surface area contributed by atoms with Crippen LogP contribution in [0.25, 0.3) is 10.6 Å². The predicted octanol–water partition coefficient (Wildman–Crippen LogP) is 4.29. The second-order valence-corrected chi connectivity index (χ2v) is 11.5. The number of anilines is 1. The summed E-state index contributed by atoms with van der Waals surface area (Å²) in [4.78, 5) is 27.4. The van der Waals surface area contributed by atoms with Crippen LogP contribution in [0.3, 0.4) is 0 Å². The number of rotatable bonds is 10. The number of aliphatic hydroxyl groups is 1. The van der Waals surface area contributed by atoms with E-state index >= 15 is 0 Å². The molecule has 2 aliphatic heterocycles. The SMILES string of the molecule is O=C(Cc1nc(-c2sc(CO)nc2CCCN2CCOCC2)cs1)C1CN(c2ccc(C(F)(F)F)cc2)C1. The molecule has 0 radical (unpaired) electrons. The molecule has 7 nitrogen and oxygen atoms in total. The largest absolute Gasteiger partial charge is 0.416 e. The van der Waals surface area contributed by atoms with Gasteiger partial charge >= 0.3 is 6.18 Å². The molecule has 0 spiro atoms. The van der Waals surface area contributed by atoms with E-state index in [4.69, 9.17) is 9.72 Å². The standard InChI is InChI=1S/C26H29F3N4O3S2/c27-26(28,29)18-3-5-19(6-4-18)33-13-17(14-33)22(35)12-23-31-21(16-37-23)25-20(30-24(15-34)38-25)2-1-7-32-8-10-36-11-9-32/h3-6,16-17,34H,1-2,7-15H2. The molecule has 2 aromatic heterocycles. The number of halogens is 3. The average molecular weight is 567 g/mol. The monoisotopic (exact) mass is 566 g/mol. The van der Waals surface area contributed by atoms with Gasteiger partial charge in [0.05, 0.1) is 54.0 Å². The summed E-state index contributed by atoms with van der Waals surface area (Å²) >= 11 is 2.88. The van der Waals surface area contributed by atoms with Crippen LogP contribution in [0.1, 0.15) is 27.7 Å². The van der Waals surface area contributed by atoms with E-state index in [-0.39, 0.29) is 24.7 Å². The van der Waals surface area contributed by atoms with Crippen molar-refractivity contribution >= 4 is 34.1 Å². The maximum atomic E-state index is 12.8. The van der Waals surface area contributed by atoms with Crippen LogP contribution in [0.4, 0.5) is 18.9 Å². The quantitative estimate of drug-likeness (QED) is 0.392. The maximum absolute atomic E-state index is 12.8. The van der Waals surface area contributed by atoms with Gasteiger partial charge in [-0.3, -0.25) is 9.69 Å². The topological polar surface area (TPSA) is 78.8 Å². The van der Waals surface area contributed by atoms with Gasteiger partial charge in [0.25, 0.3) is 0 Å². The van der Waals surface area contributed by atoms with Crippen LogP contribution in [0.15, 0.2) is 29.6 Å². The summed E-state index contributed by atoms with van der Waals surface area (Å²) in [7, 11) is 0. The number of alkyl halides is 3. The molecule has 5 rings (SSSR count). The summed E-state index contributed by atoms with van der Waals surface area (Å²) in [6.45, 7) is 5.26. The number of thiazole rings is 2. The van der Waals surface area contributed by atoms with E-state index in [1.54, 1.807) is 0 Å². The van der Waals surface area contributed by atoms with Crippen LogP contribution >= 0.6 is 22.7 Å². The van der Waals surface area contributed by atoms with Gasteiger partial charge in [0.2, 0.25) is 0 Å². The third-order valence-corrected chi connectivity index (χ3v) is 8.83. The molecule has 4 heterocycles. The zero-order valence-electron chi connectivity index (χ0n) is 20.7. The van der Waals surface area contributed by atoms with Gasteiger partial charge in [0.15, 0.2) is 0 Å². The minimum Gasteiger partial charge on any atom is -0.389 e. The van der Waals surface area contributed by atoms with Gasteiger partial charge in [-0.1, -0.05) is 0 Å². The highest BCUT2D eigenvalue weighted by atomic mass is 32.1. The van der Waals surface area contributed by atoms with E-state index in [1.807, 2.05) is 10.3 Å². The number of hydrogen-bond acceptors (Lipinski definition) is 9. The van der Waals surface area contributed by atoms with E-state index in [2.05, 4.69) is 9.88 Å². The summed E-state index contributed by atoms with van der Waals surface area (Å²) in [6, 6.07) is 5.04. The number of benzene rings is 1. The molecule has 0 aliphatic carbocycles. The number of carbonyl (C=O) groups excluding carboxylic acids is 1. The van der Waals surface area contributed by atoms with Crippen molar-refractivity contribution in [3.63, 3.8) is 0 Å². The van der Waals surface area contributed by atoms with Gasteiger partial charge in [-0.05, 0) is 43.7 Å². The Morgan fingerprint density at radius 2 is 1.84 bits per heavy atom. The van der Waals surface area contributed by atoms with Crippen LogP contribution < -0.4 is 4.90 Å². The van der Waals surface area contributed by atoms with Crippen molar-refractivity contribution in [3.8, 4) is 10.6 Å². The number of ether oxygens (including phenoxy) is 1. The van der Waals surface area contributed by atoms with Gasteiger partial charge in [-0.15, -0.1) is 22.7 Å².